The highest BCUT2D eigenvalue weighted by atomic mass is 35.5. The van der Waals surface area contributed by atoms with Crippen molar-refractivity contribution in [3.8, 4) is 5.75 Å². The summed E-state index contributed by atoms with van der Waals surface area (Å²) in [6, 6.07) is 11.2. The monoisotopic (exact) mass is 422 g/mol. The lowest BCUT2D eigenvalue weighted by Crippen LogP contribution is -2.65. The van der Waals surface area contributed by atoms with E-state index in [1.807, 2.05) is 26.0 Å². The maximum absolute atomic E-state index is 12.4. The zero-order valence-electron chi connectivity index (χ0n) is 15.3. The molecule has 0 radical (unpaired) electrons. The maximum Gasteiger partial charge on any atom is 0.328 e. The first-order valence-corrected chi connectivity index (χ1v) is 9.43. The summed E-state index contributed by atoms with van der Waals surface area (Å²) in [6.07, 6.45) is -0.766. The minimum Gasteiger partial charge on any atom is -0.489 e. The number of benzene rings is 2. The van der Waals surface area contributed by atoms with E-state index in [9.17, 15) is 9.59 Å². The van der Waals surface area contributed by atoms with Crippen LogP contribution in [-0.4, -0.2) is 29.4 Å². The van der Waals surface area contributed by atoms with Crippen molar-refractivity contribution in [2.24, 2.45) is 0 Å². The lowest BCUT2D eigenvalue weighted by molar-refractivity contribution is 0.149. The van der Waals surface area contributed by atoms with Crippen molar-refractivity contribution >= 4 is 41.0 Å². The fraction of sp³-hybridized carbons (Fsp3) is 0.263. The van der Waals surface area contributed by atoms with Crippen molar-refractivity contribution in [2.45, 2.75) is 32.8 Å². The molecule has 0 spiro atoms. The molecule has 0 saturated carbocycles. The molecule has 4 amide bonds. The Hall–Kier alpha value is -2.64. The number of imide groups is 1. The molecule has 1 aliphatic heterocycles. The molecule has 3 rings (SSSR count). The number of halogens is 2. The number of ether oxygens (including phenoxy) is 1. The van der Waals surface area contributed by atoms with Crippen LogP contribution in [0.4, 0.5) is 15.3 Å². The van der Waals surface area contributed by atoms with Crippen LogP contribution in [0.1, 0.15) is 19.4 Å². The number of urea groups is 2. The van der Waals surface area contributed by atoms with Gasteiger partial charge in [-0.15, -0.1) is 0 Å². The number of carbonyl (C=O) groups excluding carboxylic acids is 2. The van der Waals surface area contributed by atoms with Crippen LogP contribution in [0.25, 0.3) is 0 Å². The average molecular weight is 423 g/mol. The molecule has 1 unspecified atom stereocenters. The van der Waals surface area contributed by atoms with Crippen LogP contribution in [0.2, 0.25) is 10.0 Å². The molecule has 1 fully saturated rings. The quantitative estimate of drug-likeness (QED) is 0.643. The Bertz CT molecular complexity index is 874. The Morgan fingerprint density at radius 1 is 1.14 bits per heavy atom. The average Bonchev–Trinajstić information content (AvgIpc) is 2.61. The molecule has 0 bridgehead atoms. The fourth-order valence-electron chi connectivity index (χ4n) is 2.69. The maximum atomic E-state index is 12.4. The van der Waals surface area contributed by atoms with E-state index in [2.05, 4.69) is 16.0 Å². The molecule has 1 heterocycles. The van der Waals surface area contributed by atoms with Gasteiger partial charge in [-0.05, 0) is 49.7 Å². The van der Waals surface area contributed by atoms with E-state index in [1.165, 1.54) is 4.90 Å². The SMILES string of the molecule is CC(C)Oc1ccc(NC2NC(=O)NC(=O)N2Cc2ccc(Cl)cc2)cc1Cl. The van der Waals surface area contributed by atoms with Gasteiger partial charge in [-0.25, -0.2) is 9.59 Å². The Morgan fingerprint density at radius 2 is 1.86 bits per heavy atom. The highest BCUT2D eigenvalue weighted by Gasteiger charge is 2.31. The zero-order chi connectivity index (χ0) is 20.3. The van der Waals surface area contributed by atoms with Gasteiger partial charge in [0.1, 0.15) is 5.75 Å². The summed E-state index contributed by atoms with van der Waals surface area (Å²) in [7, 11) is 0. The van der Waals surface area contributed by atoms with Crippen molar-refractivity contribution < 1.29 is 14.3 Å². The molecule has 9 heteroatoms. The van der Waals surface area contributed by atoms with Crippen molar-refractivity contribution in [1.82, 2.24) is 15.5 Å². The standard InChI is InChI=1S/C19H20Cl2N4O3/c1-11(2)28-16-8-7-14(9-15(16)21)22-17-23-18(26)24-19(27)25(17)10-12-3-5-13(20)6-4-12/h3-9,11,17,22H,10H2,1-2H3,(H2,23,24,26,27). The Labute approximate surface area is 172 Å². The number of hydrogen-bond acceptors (Lipinski definition) is 4. The third kappa shape index (κ3) is 4.99. The van der Waals surface area contributed by atoms with E-state index in [0.29, 0.717) is 21.5 Å². The molecule has 1 aliphatic rings. The largest absolute Gasteiger partial charge is 0.489 e. The summed E-state index contributed by atoms with van der Waals surface area (Å²) in [5.41, 5.74) is 1.49. The molecule has 1 atom stereocenters. The lowest BCUT2D eigenvalue weighted by Gasteiger charge is -2.36. The first kappa shape index (κ1) is 20.1. The van der Waals surface area contributed by atoms with Crippen LogP contribution in [0, 0.1) is 0 Å². The number of carbonyl (C=O) groups is 2. The molecule has 2 aromatic carbocycles. The summed E-state index contributed by atoms with van der Waals surface area (Å²) >= 11 is 12.2. The highest BCUT2D eigenvalue weighted by molar-refractivity contribution is 6.32. The van der Waals surface area contributed by atoms with Crippen LogP contribution >= 0.6 is 23.2 Å². The van der Waals surface area contributed by atoms with Crippen LogP contribution in [0.15, 0.2) is 42.5 Å². The minimum absolute atomic E-state index is 0.00694. The normalized spacial score (nSPS) is 16.6. The molecule has 0 aromatic heterocycles. The van der Waals surface area contributed by atoms with Gasteiger partial charge in [0.2, 0.25) is 0 Å². The van der Waals surface area contributed by atoms with Crippen molar-refractivity contribution in [1.29, 1.82) is 0 Å². The van der Waals surface area contributed by atoms with Gasteiger partial charge in [-0.2, -0.15) is 0 Å². The van der Waals surface area contributed by atoms with Gasteiger partial charge in [0.15, 0.2) is 6.29 Å². The van der Waals surface area contributed by atoms with E-state index in [-0.39, 0.29) is 12.6 Å². The first-order chi connectivity index (χ1) is 13.3. The Kier molecular flexibility index (Phi) is 6.16. The van der Waals surface area contributed by atoms with E-state index < -0.39 is 18.4 Å². The number of amides is 4. The van der Waals surface area contributed by atoms with Crippen LogP contribution < -0.4 is 20.7 Å². The summed E-state index contributed by atoms with van der Waals surface area (Å²) in [5.74, 6) is 0.561. The summed E-state index contributed by atoms with van der Waals surface area (Å²) in [6.45, 7) is 4.09. The van der Waals surface area contributed by atoms with Crippen LogP contribution in [0.5, 0.6) is 5.75 Å². The Morgan fingerprint density at radius 3 is 2.50 bits per heavy atom. The number of anilines is 1. The third-order valence-electron chi connectivity index (χ3n) is 3.92. The molecule has 2 aromatic rings. The zero-order valence-corrected chi connectivity index (χ0v) is 16.8. The predicted molar refractivity (Wildman–Crippen MR) is 109 cm³/mol. The topological polar surface area (TPSA) is 82.7 Å². The minimum atomic E-state index is -0.759. The summed E-state index contributed by atoms with van der Waals surface area (Å²) < 4.78 is 5.62. The number of nitrogens with zero attached hydrogens (tertiary/aromatic N) is 1. The molecule has 28 heavy (non-hydrogen) atoms. The van der Waals surface area contributed by atoms with Gasteiger partial charge in [-0.1, -0.05) is 35.3 Å². The van der Waals surface area contributed by atoms with Crippen molar-refractivity contribution in [2.75, 3.05) is 5.32 Å². The molecule has 7 nitrogen and oxygen atoms in total. The van der Waals surface area contributed by atoms with E-state index in [1.54, 1.807) is 30.3 Å². The molecule has 0 aliphatic carbocycles. The summed E-state index contributed by atoms with van der Waals surface area (Å²) in [4.78, 5) is 25.6. The van der Waals surface area contributed by atoms with Gasteiger partial charge in [-0.3, -0.25) is 15.5 Å². The van der Waals surface area contributed by atoms with E-state index in [4.69, 9.17) is 27.9 Å². The lowest BCUT2D eigenvalue weighted by atomic mass is 10.2. The predicted octanol–water partition coefficient (Wildman–Crippen LogP) is 4.41. The second kappa shape index (κ2) is 8.58. The summed E-state index contributed by atoms with van der Waals surface area (Å²) in [5, 5.41) is 9.07. The first-order valence-electron chi connectivity index (χ1n) is 8.67. The second-order valence-electron chi connectivity index (χ2n) is 6.52. The number of rotatable bonds is 6. The fourth-order valence-corrected chi connectivity index (χ4v) is 3.04. The van der Waals surface area contributed by atoms with E-state index >= 15 is 0 Å². The molecular formula is C19H20Cl2N4O3. The van der Waals surface area contributed by atoms with Gasteiger partial charge in [0.05, 0.1) is 17.7 Å². The third-order valence-corrected chi connectivity index (χ3v) is 4.47. The Balaban J connectivity index is 1.78. The van der Waals surface area contributed by atoms with Crippen LogP contribution in [0.3, 0.4) is 0 Å². The van der Waals surface area contributed by atoms with Gasteiger partial charge < -0.3 is 10.1 Å². The molecular weight excluding hydrogens is 403 g/mol. The van der Waals surface area contributed by atoms with Gasteiger partial charge >= 0.3 is 12.1 Å². The van der Waals surface area contributed by atoms with Gasteiger partial charge in [0, 0.05) is 10.7 Å². The highest BCUT2D eigenvalue weighted by Crippen LogP contribution is 2.29. The molecule has 148 valence electrons. The smallest absolute Gasteiger partial charge is 0.328 e. The molecule has 3 N–H and O–H groups in total. The van der Waals surface area contributed by atoms with E-state index in [0.717, 1.165) is 5.56 Å². The van der Waals surface area contributed by atoms with Crippen LogP contribution in [-0.2, 0) is 6.54 Å². The number of hydrogen-bond donors (Lipinski definition) is 3. The van der Waals surface area contributed by atoms with Gasteiger partial charge in [0.25, 0.3) is 0 Å². The molecule has 1 saturated heterocycles. The number of nitrogens with one attached hydrogen (secondary N) is 3. The van der Waals surface area contributed by atoms with Crippen molar-refractivity contribution in [3.63, 3.8) is 0 Å². The van der Waals surface area contributed by atoms with Crippen molar-refractivity contribution in [3.05, 3.63) is 58.1 Å². The second-order valence-corrected chi connectivity index (χ2v) is 7.36.